The zero-order valence-corrected chi connectivity index (χ0v) is 10.6. The fourth-order valence-corrected chi connectivity index (χ4v) is 2.99. The number of aryl methyl sites for hydroxylation is 1. The zero-order chi connectivity index (χ0) is 12.7. The van der Waals surface area contributed by atoms with Crippen LogP contribution in [0.3, 0.4) is 0 Å². The number of pyridine rings is 1. The van der Waals surface area contributed by atoms with Crippen molar-refractivity contribution in [1.82, 2.24) is 4.98 Å². The van der Waals surface area contributed by atoms with Crippen LogP contribution in [-0.2, 0) is 4.74 Å². The Morgan fingerprint density at radius 2 is 2.44 bits per heavy atom. The first-order valence-corrected chi connectivity index (χ1v) is 6.51. The number of hydrogen-bond acceptors (Lipinski definition) is 5. The van der Waals surface area contributed by atoms with Gasteiger partial charge in [-0.05, 0) is 19.1 Å². The van der Waals surface area contributed by atoms with Gasteiger partial charge in [0, 0.05) is 16.5 Å². The molecule has 94 valence electrons. The summed E-state index contributed by atoms with van der Waals surface area (Å²) in [7, 11) is 0. The molecule has 18 heavy (non-hydrogen) atoms. The van der Waals surface area contributed by atoms with Gasteiger partial charge in [0.05, 0.1) is 18.8 Å². The van der Waals surface area contributed by atoms with E-state index in [0.29, 0.717) is 6.54 Å². The van der Waals surface area contributed by atoms with Gasteiger partial charge in [-0.3, -0.25) is 4.90 Å². The lowest BCUT2D eigenvalue weighted by Crippen LogP contribution is -2.25. The molecule has 1 N–H and O–H groups in total. The average molecular weight is 264 g/mol. The van der Waals surface area contributed by atoms with Gasteiger partial charge in [-0.25, -0.2) is 9.78 Å². The van der Waals surface area contributed by atoms with E-state index in [-0.39, 0.29) is 6.61 Å². The van der Waals surface area contributed by atoms with E-state index in [4.69, 9.17) is 9.84 Å². The maximum Gasteiger partial charge on any atom is 0.414 e. The lowest BCUT2D eigenvalue weighted by Gasteiger charge is -2.11. The highest BCUT2D eigenvalue weighted by atomic mass is 32.1. The molecule has 5 nitrogen and oxygen atoms in total. The first kappa shape index (κ1) is 11.4. The molecule has 1 atom stereocenters. The molecule has 0 saturated carbocycles. The van der Waals surface area contributed by atoms with Crippen LogP contribution in [0.5, 0.6) is 0 Å². The normalized spacial score (nSPS) is 19.6. The Hall–Kier alpha value is -1.66. The van der Waals surface area contributed by atoms with Crippen molar-refractivity contribution in [2.24, 2.45) is 0 Å². The zero-order valence-electron chi connectivity index (χ0n) is 9.79. The minimum Gasteiger partial charge on any atom is -0.441 e. The second-order valence-corrected chi connectivity index (χ2v) is 5.08. The van der Waals surface area contributed by atoms with E-state index in [1.165, 1.54) is 11.3 Å². The molecular formula is C12H12N2O3S. The number of carbonyl (C=O) groups excluding carboxylic acids is 1. The third-order valence-corrected chi connectivity index (χ3v) is 3.80. The Labute approximate surface area is 108 Å². The van der Waals surface area contributed by atoms with Crippen molar-refractivity contribution in [3.05, 3.63) is 23.2 Å². The lowest BCUT2D eigenvalue weighted by atomic mass is 10.2. The van der Waals surface area contributed by atoms with Crippen molar-refractivity contribution in [2.45, 2.75) is 13.0 Å². The number of thiophene rings is 1. The van der Waals surface area contributed by atoms with Gasteiger partial charge in [-0.2, -0.15) is 0 Å². The molecule has 0 bridgehead atoms. The standard InChI is InChI=1S/C12H12N2O3S/c1-7-2-3-9-10(6-18-11(9)13-7)14-4-8(5-15)17-12(14)16/h2-3,6,8,15H,4-5H2,1H3. The van der Waals surface area contributed by atoms with Crippen molar-refractivity contribution < 1.29 is 14.6 Å². The molecule has 1 aliphatic rings. The molecule has 1 aliphatic heterocycles. The average Bonchev–Trinajstić information content (AvgIpc) is 2.91. The van der Waals surface area contributed by atoms with Crippen LogP contribution in [0, 0.1) is 6.92 Å². The Morgan fingerprint density at radius 3 is 3.17 bits per heavy atom. The van der Waals surface area contributed by atoms with Crippen molar-refractivity contribution in [2.75, 3.05) is 18.1 Å². The number of rotatable bonds is 2. The first-order valence-electron chi connectivity index (χ1n) is 5.63. The molecule has 2 aromatic heterocycles. The summed E-state index contributed by atoms with van der Waals surface area (Å²) in [4.78, 5) is 18.6. The molecule has 0 spiro atoms. The molecule has 0 aromatic carbocycles. The van der Waals surface area contributed by atoms with Gasteiger partial charge in [0.1, 0.15) is 10.9 Å². The van der Waals surface area contributed by atoms with Crippen LogP contribution >= 0.6 is 11.3 Å². The minimum absolute atomic E-state index is 0.151. The van der Waals surface area contributed by atoms with Gasteiger partial charge in [0.15, 0.2) is 0 Å². The number of fused-ring (bicyclic) bond motifs is 1. The van der Waals surface area contributed by atoms with Crippen LogP contribution in [0.2, 0.25) is 0 Å². The molecule has 2 aromatic rings. The van der Waals surface area contributed by atoms with Crippen LogP contribution < -0.4 is 4.90 Å². The molecule has 6 heteroatoms. The summed E-state index contributed by atoms with van der Waals surface area (Å²) in [6, 6.07) is 3.88. The summed E-state index contributed by atoms with van der Waals surface area (Å²) in [6.45, 7) is 2.17. The van der Waals surface area contributed by atoms with E-state index >= 15 is 0 Å². The van der Waals surface area contributed by atoms with E-state index in [1.54, 1.807) is 4.90 Å². The number of aliphatic hydroxyl groups is 1. The van der Waals surface area contributed by atoms with Gasteiger partial charge in [-0.1, -0.05) is 0 Å². The highest BCUT2D eigenvalue weighted by molar-refractivity contribution is 7.17. The third-order valence-electron chi connectivity index (χ3n) is 2.93. The molecule has 0 radical (unpaired) electrons. The number of carbonyl (C=O) groups is 1. The first-order chi connectivity index (χ1) is 8.69. The van der Waals surface area contributed by atoms with E-state index in [0.717, 1.165) is 21.6 Å². The molecule has 0 aliphatic carbocycles. The molecule has 1 saturated heterocycles. The van der Waals surface area contributed by atoms with Crippen LogP contribution in [0.4, 0.5) is 10.5 Å². The van der Waals surface area contributed by atoms with Crippen LogP contribution in [-0.4, -0.2) is 35.4 Å². The molecule has 1 fully saturated rings. The van der Waals surface area contributed by atoms with E-state index in [1.807, 2.05) is 24.4 Å². The number of nitrogens with zero attached hydrogens (tertiary/aromatic N) is 2. The highest BCUT2D eigenvalue weighted by Gasteiger charge is 2.33. The van der Waals surface area contributed by atoms with Crippen molar-refractivity contribution >= 4 is 33.3 Å². The molecule has 3 rings (SSSR count). The van der Waals surface area contributed by atoms with Gasteiger partial charge in [0.2, 0.25) is 0 Å². The summed E-state index contributed by atoms with van der Waals surface area (Å²) in [5.41, 5.74) is 1.76. The Kier molecular flexibility index (Phi) is 2.68. The van der Waals surface area contributed by atoms with Crippen LogP contribution in [0.15, 0.2) is 17.5 Å². The van der Waals surface area contributed by atoms with Crippen molar-refractivity contribution in [3.8, 4) is 0 Å². The summed E-state index contributed by atoms with van der Waals surface area (Å²) in [5, 5.41) is 11.9. The lowest BCUT2D eigenvalue weighted by molar-refractivity contribution is 0.0963. The van der Waals surface area contributed by atoms with Gasteiger partial charge in [-0.15, -0.1) is 11.3 Å². The summed E-state index contributed by atoms with van der Waals surface area (Å²) < 4.78 is 5.04. The van der Waals surface area contributed by atoms with E-state index < -0.39 is 12.2 Å². The van der Waals surface area contributed by atoms with Gasteiger partial charge in [0.25, 0.3) is 0 Å². The molecule has 1 unspecified atom stereocenters. The van der Waals surface area contributed by atoms with Crippen molar-refractivity contribution in [3.63, 3.8) is 0 Å². The van der Waals surface area contributed by atoms with Crippen molar-refractivity contribution in [1.29, 1.82) is 0 Å². The third kappa shape index (κ3) is 1.74. The quantitative estimate of drug-likeness (QED) is 0.900. The summed E-state index contributed by atoms with van der Waals surface area (Å²) >= 11 is 1.50. The van der Waals surface area contributed by atoms with E-state index in [2.05, 4.69) is 4.98 Å². The number of aliphatic hydroxyl groups excluding tert-OH is 1. The maximum absolute atomic E-state index is 11.7. The molecular weight excluding hydrogens is 252 g/mol. The van der Waals surface area contributed by atoms with Gasteiger partial charge < -0.3 is 9.84 Å². The second-order valence-electron chi connectivity index (χ2n) is 4.23. The fraction of sp³-hybridized carbons (Fsp3) is 0.333. The maximum atomic E-state index is 11.7. The smallest absolute Gasteiger partial charge is 0.414 e. The van der Waals surface area contributed by atoms with Crippen LogP contribution in [0.25, 0.3) is 10.2 Å². The Bertz CT molecular complexity index is 610. The summed E-state index contributed by atoms with van der Waals surface area (Å²) in [5.74, 6) is 0. The molecule has 1 amide bonds. The topological polar surface area (TPSA) is 62.7 Å². The second kappa shape index (κ2) is 4.22. The summed E-state index contributed by atoms with van der Waals surface area (Å²) in [6.07, 6.45) is -0.847. The number of hydrogen-bond donors (Lipinski definition) is 1. The number of cyclic esters (lactones) is 1. The number of amides is 1. The number of ether oxygens (including phenoxy) is 1. The van der Waals surface area contributed by atoms with E-state index in [9.17, 15) is 4.79 Å². The predicted octanol–water partition coefficient (Wildman–Crippen LogP) is 1.92. The monoisotopic (exact) mass is 264 g/mol. The number of anilines is 1. The molecule has 3 heterocycles. The predicted molar refractivity (Wildman–Crippen MR) is 69.1 cm³/mol. The SMILES string of the molecule is Cc1ccc2c(N3CC(CO)OC3=O)csc2n1. The number of aromatic nitrogens is 1. The Balaban J connectivity index is 2.02. The van der Waals surface area contributed by atoms with Crippen LogP contribution in [0.1, 0.15) is 5.69 Å². The highest BCUT2D eigenvalue weighted by Crippen LogP contribution is 2.34. The Morgan fingerprint density at radius 1 is 1.61 bits per heavy atom. The minimum atomic E-state index is -0.439. The largest absolute Gasteiger partial charge is 0.441 e. The van der Waals surface area contributed by atoms with Gasteiger partial charge >= 0.3 is 6.09 Å². The fourth-order valence-electron chi connectivity index (χ4n) is 2.02.